The number of hydrazone groups is 1. The third-order valence-corrected chi connectivity index (χ3v) is 4.39. The Bertz CT molecular complexity index is 364. The molecule has 1 aliphatic heterocycles. The van der Waals surface area contributed by atoms with Crippen LogP contribution in [0.2, 0.25) is 0 Å². The van der Waals surface area contributed by atoms with Crippen LogP contribution < -0.4 is 11.2 Å². The van der Waals surface area contributed by atoms with E-state index in [1.807, 2.05) is 0 Å². The van der Waals surface area contributed by atoms with Crippen molar-refractivity contribution in [3.8, 4) is 0 Å². The third kappa shape index (κ3) is 3.58. The van der Waals surface area contributed by atoms with Gasteiger partial charge in [0.1, 0.15) is 11.3 Å². The molecule has 2 fully saturated rings. The molecule has 20 heavy (non-hydrogen) atoms. The van der Waals surface area contributed by atoms with Crippen LogP contribution in [-0.2, 0) is 9.53 Å². The second-order valence-electron chi connectivity index (χ2n) is 5.95. The van der Waals surface area contributed by atoms with Crippen molar-refractivity contribution in [3.63, 3.8) is 0 Å². The van der Waals surface area contributed by atoms with Crippen molar-refractivity contribution in [1.82, 2.24) is 5.32 Å². The van der Waals surface area contributed by atoms with Crippen molar-refractivity contribution >= 4 is 11.5 Å². The minimum atomic E-state index is -0.200. The van der Waals surface area contributed by atoms with Crippen molar-refractivity contribution in [2.24, 2.45) is 10.9 Å². The fourth-order valence-corrected chi connectivity index (χ4v) is 2.99. The third-order valence-electron chi connectivity index (χ3n) is 4.39. The minimum Gasteiger partial charge on any atom is -0.367 e. The van der Waals surface area contributed by atoms with Crippen LogP contribution in [0.15, 0.2) is 5.10 Å². The first-order chi connectivity index (χ1) is 9.73. The standard InChI is InChI=1S/C15H27N3O2/c1-2-3-4-5-6-7-10-17-14-13(18-16)12(19)8-9-15(14)11-20-15/h14,17H,2-11,16H2,1H3/b18-13+. The van der Waals surface area contributed by atoms with Gasteiger partial charge in [0.05, 0.1) is 12.6 Å². The highest BCUT2D eigenvalue weighted by atomic mass is 16.6. The highest BCUT2D eigenvalue weighted by Gasteiger charge is 2.57. The average molecular weight is 281 g/mol. The summed E-state index contributed by atoms with van der Waals surface area (Å²) in [5.74, 6) is 5.45. The van der Waals surface area contributed by atoms with Crippen LogP contribution in [0.5, 0.6) is 0 Å². The molecule has 1 saturated heterocycles. The Morgan fingerprint density at radius 1 is 1.35 bits per heavy atom. The SMILES string of the molecule is CCCCCCCCNC1/C(=N/N)C(=O)CCC12CO2. The number of rotatable bonds is 8. The summed E-state index contributed by atoms with van der Waals surface area (Å²) in [6.45, 7) is 3.84. The largest absolute Gasteiger partial charge is 0.367 e. The number of hydrogen-bond acceptors (Lipinski definition) is 5. The number of hydrogen-bond donors (Lipinski definition) is 2. The summed E-state index contributed by atoms with van der Waals surface area (Å²) in [6.07, 6.45) is 8.87. The van der Waals surface area contributed by atoms with E-state index in [4.69, 9.17) is 10.6 Å². The van der Waals surface area contributed by atoms with Gasteiger partial charge < -0.3 is 15.9 Å². The highest BCUT2D eigenvalue weighted by molar-refractivity contribution is 6.42. The summed E-state index contributed by atoms with van der Waals surface area (Å²) in [5, 5.41) is 7.15. The van der Waals surface area contributed by atoms with Crippen LogP contribution in [0.1, 0.15) is 58.3 Å². The van der Waals surface area contributed by atoms with Crippen molar-refractivity contribution in [1.29, 1.82) is 0 Å². The number of ether oxygens (including phenoxy) is 1. The van der Waals surface area contributed by atoms with Gasteiger partial charge in [0.15, 0.2) is 5.78 Å². The predicted molar refractivity (Wildman–Crippen MR) is 79.7 cm³/mol. The lowest BCUT2D eigenvalue weighted by Gasteiger charge is -2.29. The molecule has 1 aliphatic carbocycles. The van der Waals surface area contributed by atoms with Crippen LogP contribution in [-0.4, -0.2) is 36.3 Å². The molecule has 1 spiro atoms. The monoisotopic (exact) mass is 281 g/mol. The van der Waals surface area contributed by atoms with E-state index in [9.17, 15) is 4.79 Å². The molecule has 1 saturated carbocycles. The molecule has 0 aromatic rings. The predicted octanol–water partition coefficient (Wildman–Crippen LogP) is 1.75. The molecular weight excluding hydrogens is 254 g/mol. The molecule has 1 heterocycles. The van der Waals surface area contributed by atoms with Crippen molar-refractivity contribution < 1.29 is 9.53 Å². The van der Waals surface area contributed by atoms with Crippen LogP contribution in [0.3, 0.4) is 0 Å². The lowest BCUT2D eigenvalue weighted by molar-refractivity contribution is -0.114. The van der Waals surface area contributed by atoms with Crippen LogP contribution in [0, 0.1) is 0 Å². The quantitative estimate of drug-likeness (QED) is 0.307. The Hall–Kier alpha value is -0.940. The first kappa shape index (κ1) is 15.4. The summed E-state index contributed by atoms with van der Waals surface area (Å²) in [7, 11) is 0. The van der Waals surface area contributed by atoms with Crippen LogP contribution in [0.25, 0.3) is 0 Å². The van der Waals surface area contributed by atoms with Gasteiger partial charge in [0, 0.05) is 6.42 Å². The number of nitrogens with zero attached hydrogens (tertiary/aromatic N) is 1. The number of Topliss-reactive ketones (excluding diaryl/α,β-unsaturated/α-hetero) is 1. The number of epoxide rings is 1. The van der Waals surface area contributed by atoms with Gasteiger partial charge in [-0.3, -0.25) is 4.79 Å². The smallest absolute Gasteiger partial charge is 0.180 e. The van der Waals surface area contributed by atoms with Crippen LogP contribution >= 0.6 is 0 Å². The number of carbonyl (C=O) groups excluding carboxylic acids is 1. The molecule has 0 aromatic heterocycles. The molecule has 0 radical (unpaired) electrons. The second kappa shape index (κ2) is 7.18. The Balaban J connectivity index is 1.73. The van der Waals surface area contributed by atoms with Gasteiger partial charge in [0.2, 0.25) is 0 Å². The van der Waals surface area contributed by atoms with E-state index in [1.165, 1.54) is 32.1 Å². The molecule has 2 rings (SSSR count). The summed E-state index contributed by atoms with van der Waals surface area (Å²) in [5.41, 5.74) is 0.272. The number of nitrogens with two attached hydrogens (primary N) is 1. The molecule has 0 amide bonds. The molecule has 114 valence electrons. The molecule has 2 atom stereocenters. The molecule has 3 N–H and O–H groups in total. The van der Waals surface area contributed by atoms with Gasteiger partial charge in [-0.2, -0.15) is 5.10 Å². The van der Waals surface area contributed by atoms with E-state index in [2.05, 4.69) is 17.3 Å². The molecule has 2 unspecified atom stereocenters. The maximum atomic E-state index is 11.9. The number of carbonyl (C=O) groups is 1. The summed E-state index contributed by atoms with van der Waals surface area (Å²) >= 11 is 0. The number of unbranched alkanes of at least 4 members (excludes halogenated alkanes) is 5. The Morgan fingerprint density at radius 3 is 2.70 bits per heavy atom. The van der Waals surface area contributed by atoms with E-state index < -0.39 is 0 Å². The molecule has 5 heteroatoms. The second-order valence-corrected chi connectivity index (χ2v) is 5.95. The number of nitrogens with one attached hydrogen (secondary N) is 1. The van der Waals surface area contributed by atoms with E-state index >= 15 is 0 Å². The van der Waals surface area contributed by atoms with Gasteiger partial charge >= 0.3 is 0 Å². The fraction of sp³-hybridized carbons (Fsp3) is 0.867. The normalized spacial score (nSPS) is 31.1. The molecule has 0 aromatic carbocycles. The summed E-state index contributed by atoms with van der Waals surface area (Å²) in [4.78, 5) is 11.9. The first-order valence-corrected chi connectivity index (χ1v) is 7.92. The first-order valence-electron chi connectivity index (χ1n) is 7.92. The molecule has 0 bridgehead atoms. The van der Waals surface area contributed by atoms with Crippen molar-refractivity contribution in [2.75, 3.05) is 13.2 Å². The van der Waals surface area contributed by atoms with E-state index in [0.29, 0.717) is 18.7 Å². The summed E-state index contributed by atoms with van der Waals surface area (Å²) < 4.78 is 5.59. The average Bonchev–Trinajstić information content (AvgIpc) is 3.22. The van der Waals surface area contributed by atoms with E-state index in [0.717, 1.165) is 19.4 Å². The Kier molecular flexibility index (Phi) is 5.54. The van der Waals surface area contributed by atoms with E-state index in [-0.39, 0.29) is 17.4 Å². The van der Waals surface area contributed by atoms with Gasteiger partial charge in [-0.05, 0) is 19.4 Å². The lowest BCUT2D eigenvalue weighted by Crippen LogP contribution is -2.55. The zero-order valence-corrected chi connectivity index (χ0v) is 12.5. The lowest BCUT2D eigenvalue weighted by atomic mass is 9.82. The highest BCUT2D eigenvalue weighted by Crippen LogP contribution is 2.39. The zero-order chi connectivity index (χ0) is 14.4. The Morgan fingerprint density at radius 2 is 2.05 bits per heavy atom. The maximum Gasteiger partial charge on any atom is 0.180 e. The summed E-state index contributed by atoms with van der Waals surface area (Å²) in [6, 6.07) is -0.107. The van der Waals surface area contributed by atoms with Crippen LogP contribution in [0.4, 0.5) is 0 Å². The molecular formula is C15H27N3O2. The molecule has 5 nitrogen and oxygen atoms in total. The fourth-order valence-electron chi connectivity index (χ4n) is 2.99. The minimum absolute atomic E-state index is 0.0640. The topological polar surface area (TPSA) is 80.0 Å². The van der Waals surface area contributed by atoms with Crippen molar-refractivity contribution in [3.05, 3.63) is 0 Å². The zero-order valence-electron chi connectivity index (χ0n) is 12.5. The van der Waals surface area contributed by atoms with E-state index in [1.54, 1.807) is 0 Å². The molecule has 2 aliphatic rings. The Labute approximate surface area is 121 Å². The number of ketones is 1. The van der Waals surface area contributed by atoms with Gasteiger partial charge in [-0.1, -0.05) is 39.0 Å². The maximum absolute atomic E-state index is 11.9. The van der Waals surface area contributed by atoms with Gasteiger partial charge in [-0.15, -0.1) is 0 Å². The van der Waals surface area contributed by atoms with Crippen molar-refractivity contribution in [2.45, 2.75) is 69.9 Å². The van der Waals surface area contributed by atoms with Gasteiger partial charge in [-0.25, -0.2) is 0 Å². The van der Waals surface area contributed by atoms with Gasteiger partial charge in [0.25, 0.3) is 0 Å².